The van der Waals surface area contributed by atoms with Gasteiger partial charge in [0, 0.05) is 22.7 Å². The van der Waals surface area contributed by atoms with Gasteiger partial charge >= 0.3 is 0 Å². The average Bonchev–Trinajstić information content (AvgIpc) is 2.48. The van der Waals surface area contributed by atoms with Crippen molar-refractivity contribution in [1.82, 2.24) is 4.98 Å². The summed E-state index contributed by atoms with van der Waals surface area (Å²) in [4.78, 5) is 9.18. The van der Waals surface area contributed by atoms with E-state index in [0.29, 0.717) is 0 Å². The van der Waals surface area contributed by atoms with Gasteiger partial charge in [-0.2, -0.15) is 0 Å². The molecule has 2 rings (SSSR count). The Kier molecular flexibility index (Phi) is 6.60. The first-order valence-corrected chi connectivity index (χ1v) is 6.83. The molecule has 20 heavy (non-hydrogen) atoms. The molecule has 0 atom stereocenters. The molecule has 0 radical (unpaired) electrons. The molecule has 2 nitrogen and oxygen atoms in total. The molecule has 1 aromatic carbocycles. The van der Waals surface area contributed by atoms with Gasteiger partial charge in [-0.3, -0.25) is 9.98 Å². The van der Waals surface area contributed by atoms with Crippen molar-refractivity contribution < 1.29 is 16.5 Å². The van der Waals surface area contributed by atoms with Crippen LogP contribution in [0.15, 0.2) is 47.6 Å². The summed E-state index contributed by atoms with van der Waals surface area (Å²) in [5.41, 5.74) is 5.63. The first kappa shape index (κ1) is 16.6. The molecular weight excluding hydrogens is 291 g/mol. The number of hydrogen-bond donors (Lipinski definition) is 0. The third-order valence-corrected chi connectivity index (χ3v) is 3.28. The molecule has 108 valence electrons. The zero-order chi connectivity index (χ0) is 13.7. The maximum atomic E-state index is 4.82. The molecule has 0 amide bonds. The molecule has 0 N–H and O–H groups in total. The predicted octanol–water partition coefficient (Wildman–Crippen LogP) is 4.34. The second-order valence-corrected chi connectivity index (χ2v) is 4.54. The summed E-state index contributed by atoms with van der Waals surface area (Å²) in [6, 6.07) is 12.3. The van der Waals surface area contributed by atoms with Crippen LogP contribution in [0.5, 0.6) is 0 Å². The van der Waals surface area contributed by atoms with E-state index in [9.17, 15) is 0 Å². The standard InChI is InChI=1S/C17H20N2.Ni/c1-4-14-9-8-10-15(5-2)17(14)19-13(3)16-11-6-7-12-18-16;/h6-12H,4-5H2,1-3H3;. The molecule has 0 aliphatic carbocycles. The van der Waals surface area contributed by atoms with Crippen LogP contribution >= 0.6 is 0 Å². The predicted molar refractivity (Wildman–Crippen MR) is 81.3 cm³/mol. The van der Waals surface area contributed by atoms with E-state index in [1.54, 1.807) is 6.20 Å². The number of aliphatic imine (C=N–C) groups is 1. The molecule has 0 bridgehead atoms. The second-order valence-electron chi connectivity index (χ2n) is 4.54. The van der Waals surface area contributed by atoms with E-state index in [4.69, 9.17) is 4.99 Å². The van der Waals surface area contributed by atoms with Crippen LogP contribution in [0.3, 0.4) is 0 Å². The molecule has 0 saturated carbocycles. The number of para-hydroxylation sites is 1. The number of aryl methyl sites for hydroxylation is 2. The molecule has 0 aliphatic heterocycles. The van der Waals surface area contributed by atoms with Crippen LogP contribution < -0.4 is 0 Å². The first-order chi connectivity index (χ1) is 9.26. The Morgan fingerprint density at radius 2 is 1.65 bits per heavy atom. The van der Waals surface area contributed by atoms with Gasteiger partial charge in [-0.25, -0.2) is 0 Å². The van der Waals surface area contributed by atoms with E-state index in [2.05, 4.69) is 37.0 Å². The van der Waals surface area contributed by atoms with E-state index in [1.165, 1.54) is 11.1 Å². The summed E-state index contributed by atoms with van der Waals surface area (Å²) in [6.45, 7) is 6.36. The molecule has 0 saturated heterocycles. The molecule has 0 aliphatic rings. The van der Waals surface area contributed by atoms with Crippen molar-refractivity contribution in [3.05, 3.63) is 59.4 Å². The molecule has 0 spiro atoms. The average molecular weight is 311 g/mol. The third kappa shape index (κ3) is 3.77. The van der Waals surface area contributed by atoms with Crippen LogP contribution in [-0.4, -0.2) is 10.7 Å². The molecule has 2 aromatic rings. The van der Waals surface area contributed by atoms with Crippen molar-refractivity contribution in [2.45, 2.75) is 33.6 Å². The maximum Gasteiger partial charge on any atom is 0.0841 e. The van der Waals surface area contributed by atoms with Crippen LogP contribution in [-0.2, 0) is 29.3 Å². The first-order valence-electron chi connectivity index (χ1n) is 6.83. The van der Waals surface area contributed by atoms with Crippen molar-refractivity contribution in [2.75, 3.05) is 0 Å². The minimum Gasteiger partial charge on any atom is -0.255 e. The summed E-state index contributed by atoms with van der Waals surface area (Å²) in [5, 5.41) is 0. The Morgan fingerprint density at radius 3 is 2.15 bits per heavy atom. The van der Waals surface area contributed by atoms with Crippen LogP contribution in [0.25, 0.3) is 0 Å². The van der Waals surface area contributed by atoms with Gasteiger partial charge in [0.2, 0.25) is 0 Å². The number of nitrogens with zero attached hydrogens (tertiary/aromatic N) is 2. The zero-order valence-corrected chi connectivity index (χ0v) is 13.2. The quantitative estimate of drug-likeness (QED) is 0.609. The van der Waals surface area contributed by atoms with E-state index >= 15 is 0 Å². The summed E-state index contributed by atoms with van der Waals surface area (Å²) in [5.74, 6) is 0. The Labute approximate surface area is 131 Å². The number of rotatable bonds is 4. The largest absolute Gasteiger partial charge is 0.255 e. The molecular formula is C17H20N2Ni. The van der Waals surface area contributed by atoms with Gasteiger partial charge in [0.1, 0.15) is 0 Å². The van der Waals surface area contributed by atoms with Gasteiger partial charge in [-0.1, -0.05) is 38.1 Å². The third-order valence-electron chi connectivity index (χ3n) is 3.28. The molecule has 0 unspecified atom stereocenters. The summed E-state index contributed by atoms with van der Waals surface area (Å²) >= 11 is 0. The maximum absolute atomic E-state index is 4.82. The van der Waals surface area contributed by atoms with Crippen molar-refractivity contribution in [1.29, 1.82) is 0 Å². The Morgan fingerprint density at radius 1 is 1.00 bits per heavy atom. The van der Waals surface area contributed by atoms with E-state index in [-0.39, 0.29) is 16.5 Å². The number of pyridine rings is 1. The number of aromatic nitrogens is 1. The van der Waals surface area contributed by atoms with Gasteiger partial charge in [0.15, 0.2) is 0 Å². The second kappa shape index (κ2) is 7.96. The molecule has 1 aromatic heterocycles. The number of benzene rings is 1. The normalized spacial score (nSPS) is 11.1. The fraction of sp³-hybridized carbons (Fsp3) is 0.294. The number of hydrogen-bond acceptors (Lipinski definition) is 2. The minimum atomic E-state index is 0. The zero-order valence-electron chi connectivity index (χ0n) is 12.2. The van der Waals surface area contributed by atoms with Crippen LogP contribution in [0.2, 0.25) is 0 Å². The van der Waals surface area contributed by atoms with E-state index in [0.717, 1.165) is 29.9 Å². The van der Waals surface area contributed by atoms with Gasteiger partial charge in [0.05, 0.1) is 17.1 Å². The summed E-state index contributed by atoms with van der Waals surface area (Å²) in [7, 11) is 0. The van der Waals surface area contributed by atoms with Gasteiger partial charge < -0.3 is 0 Å². The van der Waals surface area contributed by atoms with E-state index < -0.39 is 0 Å². The molecule has 1 heterocycles. The van der Waals surface area contributed by atoms with Gasteiger partial charge in [-0.05, 0) is 43.0 Å². The van der Waals surface area contributed by atoms with Crippen molar-refractivity contribution in [2.24, 2.45) is 4.99 Å². The van der Waals surface area contributed by atoms with Crippen molar-refractivity contribution in [3.63, 3.8) is 0 Å². The summed E-state index contributed by atoms with van der Waals surface area (Å²) in [6.07, 6.45) is 3.81. The monoisotopic (exact) mass is 310 g/mol. The topological polar surface area (TPSA) is 25.2 Å². The van der Waals surface area contributed by atoms with Crippen molar-refractivity contribution >= 4 is 11.4 Å². The fourth-order valence-corrected chi connectivity index (χ4v) is 2.16. The van der Waals surface area contributed by atoms with Crippen LogP contribution in [0.1, 0.15) is 37.6 Å². The SMILES string of the molecule is CCc1cccc(CC)c1N=C(C)c1ccccn1.[Ni]. The summed E-state index contributed by atoms with van der Waals surface area (Å²) < 4.78 is 0. The van der Waals surface area contributed by atoms with Gasteiger partial charge in [0.25, 0.3) is 0 Å². The minimum absolute atomic E-state index is 0. The Bertz CT molecular complexity index is 555. The van der Waals surface area contributed by atoms with E-state index in [1.807, 2.05) is 25.1 Å². The smallest absolute Gasteiger partial charge is 0.0841 e. The van der Waals surface area contributed by atoms with Crippen molar-refractivity contribution in [3.8, 4) is 0 Å². The molecule has 0 fully saturated rings. The van der Waals surface area contributed by atoms with Crippen LogP contribution in [0.4, 0.5) is 5.69 Å². The fourth-order valence-electron chi connectivity index (χ4n) is 2.16. The Hall–Kier alpha value is -1.47. The van der Waals surface area contributed by atoms with Crippen LogP contribution in [0, 0.1) is 0 Å². The molecule has 3 heteroatoms. The van der Waals surface area contributed by atoms with Gasteiger partial charge in [-0.15, -0.1) is 0 Å². The Balaban J connectivity index is 0.00000200.